The van der Waals surface area contributed by atoms with Crippen molar-refractivity contribution in [3.05, 3.63) is 42.1 Å². The molecule has 0 spiro atoms. The summed E-state index contributed by atoms with van der Waals surface area (Å²) < 4.78 is 0. The van der Waals surface area contributed by atoms with Crippen LogP contribution in [0.25, 0.3) is 11.3 Å². The molecule has 2 N–H and O–H groups in total. The van der Waals surface area contributed by atoms with E-state index in [0.717, 1.165) is 30.0 Å². The lowest BCUT2D eigenvalue weighted by atomic mass is 9.98. The van der Waals surface area contributed by atoms with Crippen LogP contribution >= 0.6 is 0 Å². The van der Waals surface area contributed by atoms with Crippen LogP contribution in [-0.4, -0.2) is 16.7 Å². The fourth-order valence-corrected chi connectivity index (χ4v) is 3.44. The maximum atomic E-state index is 4.23. The van der Waals surface area contributed by atoms with Crippen LogP contribution in [0.15, 0.2) is 36.5 Å². The topological polar surface area (TPSA) is 40.7 Å². The van der Waals surface area contributed by atoms with E-state index >= 15 is 0 Å². The zero-order valence-electron chi connectivity index (χ0n) is 12.4. The molecule has 2 aliphatic carbocycles. The van der Waals surface area contributed by atoms with Gasteiger partial charge < -0.3 is 5.32 Å². The first-order chi connectivity index (χ1) is 10.4. The van der Waals surface area contributed by atoms with Crippen LogP contribution in [0.1, 0.15) is 31.2 Å². The molecule has 0 atom stereocenters. The second-order valence-electron chi connectivity index (χ2n) is 6.61. The number of aromatic amines is 1. The highest BCUT2D eigenvalue weighted by atomic mass is 15.1. The molecule has 0 unspecified atom stereocenters. The van der Waals surface area contributed by atoms with Crippen molar-refractivity contribution in [1.82, 2.24) is 15.5 Å². The number of aromatic nitrogens is 2. The molecule has 4 rings (SSSR count). The molecule has 0 bridgehead atoms. The first kappa shape index (κ1) is 13.1. The molecule has 0 radical (unpaired) electrons. The Kier molecular flexibility index (Phi) is 3.52. The molecule has 1 heterocycles. The van der Waals surface area contributed by atoms with Crippen LogP contribution in [-0.2, 0) is 6.54 Å². The molecule has 110 valence electrons. The quantitative estimate of drug-likeness (QED) is 0.814. The van der Waals surface area contributed by atoms with Gasteiger partial charge in [0.2, 0.25) is 0 Å². The van der Waals surface area contributed by atoms with Crippen LogP contribution in [0.3, 0.4) is 0 Å². The number of rotatable bonds is 7. The predicted octanol–water partition coefficient (Wildman–Crippen LogP) is 3.60. The van der Waals surface area contributed by atoms with Crippen LogP contribution in [0, 0.1) is 17.8 Å². The molecule has 0 aliphatic heterocycles. The van der Waals surface area contributed by atoms with Gasteiger partial charge in [-0.3, -0.25) is 5.10 Å². The second-order valence-corrected chi connectivity index (χ2v) is 6.61. The molecule has 3 heteroatoms. The lowest BCUT2D eigenvalue weighted by Crippen LogP contribution is -2.25. The van der Waals surface area contributed by atoms with Gasteiger partial charge in [-0.15, -0.1) is 0 Å². The van der Waals surface area contributed by atoms with E-state index in [9.17, 15) is 0 Å². The summed E-state index contributed by atoms with van der Waals surface area (Å²) in [5.41, 5.74) is 3.64. The van der Waals surface area contributed by atoms with Crippen molar-refractivity contribution < 1.29 is 0 Å². The highest BCUT2D eigenvalue weighted by Crippen LogP contribution is 2.48. The van der Waals surface area contributed by atoms with Crippen LogP contribution < -0.4 is 5.32 Å². The maximum Gasteiger partial charge on any atom is 0.0695 e. The number of nitrogens with zero attached hydrogens (tertiary/aromatic N) is 1. The minimum atomic E-state index is 0.913. The Morgan fingerprint density at radius 2 is 1.81 bits per heavy atom. The largest absolute Gasteiger partial charge is 0.312 e. The van der Waals surface area contributed by atoms with E-state index in [1.807, 2.05) is 12.3 Å². The standard InChI is InChI=1S/C18H23N3/c1-2-4-15(5-3-1)18-16(11-20-21-18)10-19-12-17(13-6-7-13)14-8-9-14/h1-5,11,13-14,17,19H,6-10,12H2,(H,20,21). The van der Waals surface area contributed by atoms with Crippen LogP contribution in [0.4, 0.5) is 0 Å². The van der Waals surface area contributed by atoms with Crippen molar-refractivity contribution in [2.24, 2.45) is 17.8 Å². The number of benzene rings is 1. The number of hydrogen-bond donors (Lipinski definition) is 2. The van der Waals surface area contributed by atoms with E-state index in [2.05, 4.69) is 39.8 Å². The Hall–Kier alpha value is -1.61. The van der Waals surface area contributed by atoms with Gasteiger partial charge in [0.1, 0.15) is 0 Å². The Morgan fingerprint density at radius 3 is 2.48 bits per heavy atom. The molecular weight excluding hydrogens is 258 g/mol. The highest BCUT2D eigenvalue weighted by Gasteiger charge is 2.40. The van der Waals surface area contributed by atoms with Crippen molar-refractivity contribution in [2.75, 3.05) is 6.54 Å². The summed E-state index contributed by atoms with van der Waals surface area (Å²) in [7, 11) is 0. The van der Waals surface area contributed by atoms with E-state index in [1.165, 1.54) is 43.4 Å². The minimum absolute atomic E-state index is 0.913. The van der Waals surface area contributed by atoms with Gasteiger partial charge in [0.05, 0.1) is 11.9 Å². The normalized spacial score (nSPS) is 18.3. The summed E-state index contributed by atoms with van der Waals surface area (Å²) in [5, 5.41) is 11.0. The monoisotopic (exact) mass is 281 g/mol. The van der Waals surface area contributed by atoms with E-state index in [-0.39, 0.29) is 0 Å². The van der Waals surface area contributed by atoms with Gasteiger partial charge in [-0.1, -0.05) is 30.3 Å². The van der Waals surface area contributed by atoms with E-state index in [0.29, 0.717) is 0 Å². The highest BCUT2D eigenvalue weighted by molar-refractivity contribution is 5.62. The van der Waals surface area contributed by atoms with Gasteiger partial charge in [0.25, 0.3) is 0 Å². The van der Waals surface area contributed by atoms with Crippen LogP contribution in [0.5, 0.6) is 0 Å². The first-order valence-electron chi connectivity index (χ1n) is 8.20. The lowest BCUT2D eigenvalue weighted by molar-refractivity contribution is 0.378. The van der Waals surface area contributed by atoms with Crippen molar-refractivity contribution in [1.29, 1.82) is 0 Å². The smallest absolute Gasteiger partial charge is 0.0695 e. The summed E-state index contributed by atoms with van der Waals surface area (Å²) in [6.07, 6.45) is 7.81. The van der Waals surface area contributed by atoms with Crippen molar-refractivity contribution >= 4 is 0 Å². The molecule has 2 fully saturated rings. The third kappa shape index (κ3) is 3.03. The molecular formula is C18H23N3. The Morgan fingerprint density at radius 1 is 1.10 bits per heavy atom. The molecule has 0 amide bonds. The Balaban J connectivity index is 1.38. The van der Waals surface area contributed by atoms with Gasteiger partial charge in [-0.2, -0.15) is 5.10 Å². The number of hydrogen-bond acceptors (Lipinski definition) is 2. The maximum absolute atomic E-state index is 4.23. The number of H-pyrrole nitrogens is 1. The average molecular weight is 281 g/mol. The summed E-state index contributed by atoms with van der Waals surface area (Å²) in [4.78, 5) is 0. The summed E-state index contributed by atoms with van der Waals surface area (Å²) >= 11 is 0. The molecule has 1 aromatic heterocycles. The third-order valence-corrected chi connectivity index (χ3v) is 4.93. The van der Waals surface area contributed by atoms with E-state index in [4.69, 9.17) is 0 Å². The van der Waals surface area contributed by atoms with Crippen molar-refractivity contribution in [2.45, 2.75) is 32.2 Å². The Labute approximate surface area is 126 Å². The SMILES string of the molecule is c1ccc(-c2[nH]ncc2CNCC(C2CC2)C2CC2)cc1. The predicted molar refractivity (Wildman–Crippen MR) is 84.7 cm³/mol. The van der Waals surface area contributed by atoms with Gasteiger partial charge in [-0.25, -0.2) is 0 Å². The zero-order chi connectivity index (χ0) is 14.1. The second kappa shape index (κ2) is 5.64. The van der Waals surface area contributed by atoms with Crippen molar-refractivity contribution in [3.8, 4) is 11.3 Å². The Bertz CT molecular complexity index is 570. The number of nitrogens with one attached hydrogen (secondary N) is 2. The fraction of sp³-hybridized carbons (Fsp3) is 0.500. The van der Waals surface area contributed by atoms with Crippen molar-refractivity contribution in [3.63, 3.8) is 0 Å². The molecule has 2 saturated carbocycles. The molecule has 21 heavy (non-hydrogen) atoms. The summed E-state index contributed by atoms with van der Waals surface area (Å²) in [5.74, 6) is 2.96. The third-order valence-electron chi connectivity index (χ3n) is 4.93. The van der Waals surface area contributed by atoms with Gasteiger partial charge in [-0.05, 0) is 55.5 Å². The molecule has 1 aromatic carbocycles. The summed E-state index contributed by atoms with van der Waals surface area (Å²) in [6, 6.07) is 10.5. The van der Waals surface area contributed by atoms with Gasteiger partial charge in [0, 0.05) is 12.1 Å². The zero-order valence-corrected chi connectivity index (χ0v) is 12.4. The minimum Gasteiger partial charge on any atom is -0.312 e. The molecule has 2 aliphatic rings. The average Bonchev–Trinajstić information content (AvgIpc) is 3.44. The molecule has 2 aromatic rings. The molecule has 3 nitrogen and oxygen atoms in total. The first-order valence-corrected chi connectivity index (χ1v) is 8.20. The van der Waals surface area contributed by atoms with Crippen LogP contribution in [0.2, 0.25) is 0 Å². The molecule has 0 saturated heterocycles. The van der Waals surface area contributed by atoms with E-state index in [1.54, 1.807) is 0 Å². The van der Waals surface area contributed by atoms with Gasteiger partial charge in [0.15, 0.2) is 0 Å². The fourth-order valence-electron chi connectivity index (χ4n) is 3.44. The summed E-state index contributed by atoms with van der Waals surface area (Å²) in [6.45, 7) is 2.09. The van der Waals surface area contributed by atoms with Gasteiger partial charge >= 0.3 is 0 Å². The lowest BCUT2D eigenvalue weighted by Gasteiger charge is -2.16. The van der Waals surface area contributed by atoms with E-state index < -0.39 is 0 Å².